The molecule has 2 fully saturated rings. The van der Waals surface area contributed by atoms with Crippen LogP contribution in [-0.4, -0.2) is 94.6 Å². The fraction of sp³-hybridized carbons (Fsp3) is 0.577. The van der Waals surface area contributed by atoms with Crippen LogP contribution in [0.5, 0.6) is 0 Å². The van der Waals surface area contributed by atoms with Crippen LogP contribution in [0.3, 0.4) is 0 Å². The van der Waals surface area contributed by atoms with Crippen molar-refractivity contribution in [1.82, 2.24) is 15.1 Å². The van der Waals surface area contributed by atoms with Gasteiger partial charge in [-0.05, 0) is 45.3 Å². The van der Waals surface area contributed by atoms with Crippen LogP contribution < -0.4 is 5.32 Å². The van der Waals surface area contributed by atoms with Crippen molar-refractivity contribution in [2.75, 3.05) is 26.2 Å². The Hall–Kier alpha value is -3.01. The van der Waals surface area contributed by atoms with E-state index in [1.54, 1.807) is 45.0 Å². The Morgan fingerprint density at radius 3 is 2.55 bits per heavy atom. The second kappa shape index (κ2) is 12.2. The van der Waals surface area contributed by atoms with E-state index in [9.17, 15) is 33.7 Å². The number of hydrogen-bond acceptors (Lipinski definition) is 7. The highest BCUT2D eigenvalue weighted by molar-refractivity contribution is 6.43. The number of alkyl halides is 2. The van der Waals surface area contributed by atoms with Crippen molar-refractivity contribution in [3.05, 3.63) is 47.5 Å². The van der Waals surface area contributed by atoms with Crippen molar-refractivity contribution in [3.63, 3.8) is 0 Å². The van der Waals surface area contributed by atoms with Crippen molar-refractivity contribution >= 4 is 19.1 Å². The quantitative estimate of drug-likeness (QED) is 0.252. The lowest BCUT2D eigenvalue weighted by molar-refractivity contribution is -0.131. The van der Waals surface area contributed by atoms with Gasteiger partial charge in [0.2, 0.25) is 0 Å². The van der Waals surface area contributed by atoms with Crippen LogP contribution in [0.15, 0.2) is 42.0 Å². The molecule has 1 aromatic carbocycles. The molecule has 0 spiro atoms. The summed E-state index contributed by atoms with van der Waals surface area (Å²) in [5.41, 5.74) is -1.45. The van der Waals surface area contributed by atoms with E-state index < -0.39 is 48.5 Å². The molecule has 9 nitrogen and oxygen atoms in total. The van der Waals surface area contributed by atoms with E-state index in [1.165, 1.54) is 11.0 Å². The lowest BCUT2D eigenvalue weighted by Gasteiger charge is -2.36. The third-order valence-electron chi connectivity index (χ3n) is 7.21. The number of benzene rings is 1. The van der Waals surface area contributed by atoms with Crippen LogP contribution in [0, 0.1) is 11.3 Å². The Morgan fingerprint density at radius 2 is 1.97 bits per heavy atom. The number of ether oxygens (including phenoxy) is 1. The minimum absolute atomic E-state index is 0.111. The summed E-state index contributed by atoms with van der Waals surface area (Å²) in [4.78, 5) is 28.9. The van der Waals surface area contributed by atoms with Gasteiger partial charge in [0.05, 0.1) is 18.0 Å². The first-order valence-corrected chi connectivity index (χ1v) is 12.7. The standard InChI is InChI=1S/C26H35BF2N4O5/c1-25(2,32-10-9-20(28)15-32)12-19(14-30)23(34)33-16-21(29)13-26(33,3)17-38-24(35)31-22(27(36)37)11-18-7-5-4-6-8-18/h4-8,12,20-22,36-37H,9-11,13,15-17H2,1-3H3,(H,31,35)/b19-12+/t20-,21+,22+,26-/m1/s1. The van der Waals surface area contributed by atoms with Gasteiger partial charge in [-0.3, -0.25) is 9.69 Å². The fourth-order valence-electron chi connectivity index (χ4n) is 5.02. The zero-order chi connectivity index (χ0) is 28.1. The fourth-order valence-corrected chi connectivity index (χ4v) is 5.02. The minimum atomic E-state index is -1.85. The molecular weight excluding hydrogens is 497 g/mol. The van der Waals surface area contributed by atoms with Crippen LogP contribution in [0.25, 0.3) is 0 Å². The second-order valence-electron chi connectivity index (χ2n) is 10.8. The predicted octanol–water partition coefficient (Wildman–Crippen LogP) is 1.94. The van der Waals surface area contributed by atoms with Crippen molar-refractivity contribution in [2.24, 2.45) is 0 Å². The first-order valence-electron chi connectivity index (χ1n) is 12.7. The number of rotatable bonds is 9. The molecule has 4 atom stereocenters. The highest BCUT2D eigenvalue weighted by Crippen LogP contribution is 2.33. The van der Waals surface area contributed by atoms with Gasteiger partial charge in [0, 0.05) is 25.0 Å². The van der Waals surface area contributed by atoms with E-state index in [4.69, 9.17) is 4.74 Å². The number of nitrogens with one attached hydrogen (secondary N) is 1. The molecule has 3 N–H and O–H groups in total. The van der Waals surface area contributed by atoms with E-state index in [-0.39, 0.29) is 38.1 Å². The Bertz CT molecular complexity index is 1070. The third kappa shape index (κ3) is 7.31. The molecule has 206 valence electrons. The summed E-state index contributed by atoms with van der Waals surface area (Å²) in [5, 5.41) is 31.5. The number of likely N-dealkylation sites (tertiary alicyclic amines) is 2. The summed E-state index contributed by atoms with van der Waals surface area (Å²) < 4.78 is 33.6. The highest BCUT2D eigenvalue weighted by Gasteiger charge is 2.47. The number of carbonyl (C=O) groups is 2. The Labute approximate surface area is 222 Å². The maximum absolute atomic E-state index is 14.5. The molecule has 2 aliphatic rings. The Balaban J connectivity index is 1.68. The molecule has 0 aliphatic carbocycles. The average Bonchev–Trinajstić information content (AvgIpc) is 3.44. The largest absolute Gasteiger partial charge is 0.475 e. The van der Waals surface area contributed by atoms with Crippen molar-refractivity contribution in [2.45, 2.75) is 69.4 Å². The van der Waals surface area contributed by atoms with E-state index in [1.807, 2.05) is 17.0 Å². The summed E-state index contributed by atoms with van der Waals surface area (Å²) in [6.07, 6.45) is -1.44. The van der Waals surface area contributed by atoms with Gasteiger partial charge in [-0.15, -0.1) is 0 Å². The molecule has 0 aromatic heterocycles. The molecule has 2 amide bonds. The number of alkyl carbamates (subject to hydrolysis) is 1. The summed E-state index contributed by atoms with van der Waals surface area (Å²) in [5.74, 6) is -1.76. The van der Waals surface area contributed by atoms with Crippen LogP contribution in [0.4, 0.5) is 13.6 Å². The van der Waals surface area contributed by atoms with Gasteiger partial charge in [0.1, 0.15) is 30.6 Å². The number of halogens is 2. The normalized spacial score (nSPS) is 25.1. The maximum atomic E-state index is 14.5. The van der Waals surface area contributed by atoms with Gasteiger partial charge >= 0.3 is 13.2 Å². The van der Waals surface area contributed by atoms with Crippen LogP contribution in [0.2, 0.25) is 0 Å². The molecule has 0 bridgehead atoms. The van der Waals surface area contributed by atoms with Gasteiger partial charge in [-0.1, -0.05) is 30.3 Å². The predicted molar refractivity (Wildman–Crippen MR) is 137 cm³/mol. The van der Waals surface area contributed by atoms with E-state index in [0.29, 0.717) is 13.0 Å². The van der Waals surface area contributed by atoms with E-state index in [0.717, 1.165) is 5.56 Å². The van der Waals surface area contributed by atoms with Gasteiger partial charge < -0.3 is 25.0 Å². The molecule has 38 heavy (non-hydrogen) atoms. The molecule has 2 aliphatic heterocycles. The third-order valence-corrected chi connectivity index (χ3v) is 7.21. The van der Waals surface area contributed by atoms with E-state index in [2.05, 4.69) is 5.32 Å². The van der Waals surface area contributed by atoms with Crippen molar-refractivity contribution in [3.8, 4) is 6.07 Å². The smallest absolute Gasteiger partial charge is 0.447 e. The lowest BCUT2D eigenvalue weighted by atomic mass is 9.76. The topological polar surface area (TPSA) is 126 Å². The van der Waals surface area contributed by atoms with Crippen LogP contribution in [0.1, 0.15) is 39.2 Å². The summed E-state index contributed by atoms with van der Waals surface area (Å²) in [7, 11) is -1.85. The molecule has 2 heterocycles. The monoisotopic (exact) mass is 532 g/mol. The first-order chi connectivity index (χ1) is 17.8. The zero-order valence-corrected chi connectivity index (χ0v) is 21.9. The van der Waals surface area contributed by atoms with Crippen LogP contribution in [-0.2, 0) is 16.0 Å². The second-order valence-corrected chi connectivity index (χ2v) is 10.8. The Morgan fingerprint density at radius 1 is 1.29 bits per heavy atom. The SMILES string of the molecule is CC(C)(/C=C(\C#N)C(=O)N1C[C@@H](F)C[C@]1(C)COC(=O)N[C@@H](Cc1ccccc1)B(O)O)N1CC[C@@H](F)C1. The molecule has 3 rings (SSSR count). The Kier molecular flexibility index (Phi) is 9.52. The van der Waals surface area contributed by atoms with Gasteiger partial charge in [0.25, 0.3) is 5.91 Å². The summed E-state index contributed by atoms with van der Waals surface area (Å²) in [6, 6.07) is 10.8. The zero-order valence-electron chi connectivity index (χ0n) is 21.9. The average molecular weight is 532 g/mol. The molecule has 0 saturated carbocycles. The number of nitriles is 1. The van der Waals surface area contributed by atoms with Crippen molar-refractivity contribution < 1.29 is 33.2 Å². The minimum Gasteiger partial charge on any atom is -0.447 e. The van der Waals surface area contributed by atoms with Gasteiger partial charge in [-0.25, -0.2) is 13.6 Å². The maximum Gasteiger partial charge on any atom is 0.475 e. The number of amides is 2. The first kappa shape index (κ1) is 29.5. The summed E-state index contributed by atoms with van der Waals surface area (Å²) >= 11 is 0. The van der Waals surface area contributed by atoms with E-state index >= 15 is 0 Å². The molecule has 1 aromatic rings. The molecule has 12 heteroatoms. The molecule has 0 radical (unpaired) electrons. The number of nitrogens with zero attached hydrogens (tertiary/aromatic N) is 3. The van der Waals surface area contributed by atoms with Crippen molar-refractivity contribution in [1.29, 1.82) is 5.26 Å². The lowest BCUT2D eigenvalue weighted by Crippen LogP contribution is -2.52. The molecule has 0 unspecified atom stereocenters. The van der Waals surface area contributed by atoms with Gasteiger partial charge in [-0.2, -0.15) is 5.26 Å². The highest BCUT2D eigenvalue weighted by atomic mass is 19.1. The molecule has 2 saturated heterocycles. The number of carbonyl (C=O) groups excluding carboxylic acids is 2. The molecular formula is C26H35BF2N4O5. The van der Waals surface area contributed by atoms with Gasteiger partial charge in [0.15, 0.2) is 0 Å². The number of hydrogen-bond donors (Lipinski definition) is 3. The van der Waals surface area contributed by atoms with Crippen LogP contribution >= 0.6 is 0 Å². The summed E-state index contributed by atoms with van der Waals surface area (Å²) in [6.45, 7) is 5.17.